The van der Waals surface area contributed by atoms with Crippen LogP contribution in [0.3, 0.4) is 0 Å². The lowest BCUT2D eigenvalue weighted by atomic mass is 9.82. The lowest BCUT2D eigenvalue weighted by molar-refractivity contribution is -0.146. The normalized spacial score (nSPS) is 12.1. The fourth-order valence-corrected chi connectivity index (χ4v) is 2.94. The summed E-state index contributed by atoms with van der Waals surface area (Å²) in [5, 5.41) is 0. The van der Waals surface area contributed by atoms with E-state index in [1.54, 1.807) is 0 Å². The third-order valence-electron chi connectivity index (χ3n) is 4.31. The molecule has 0 fully saturated rings. The molecule has 0 aromatic carbocycles. The molecule has 0 atom stereocenters. The largest absolute Gasteiger partial charge is 0.466 e. The van der Waals surface area contributed by atoms with E-state index in [9.17, 15) is 9.59 Å². The Labute approximate surface area is 148 Å². The molecule has 0 saturated carbocycles. The molecule has 142 valence electrons. The van der Waals surface area contributed by atoms with Crippen molar-refractivity contribution in [2.75, 3.05) is 13.2 Å². The summed E-state index contributed by atoms with van der Waals surface area (Å²) in [5.41, 5.74) is 0.0187. The molecule has 0 spiro atoms. The molecule has 0 bridgehead atoms. The SMILES string of the molecule is CCOC(=O)CC(C)(C)CCCCCCC(C)(C)CC(=O)OCC. The van der Waals surface area contributed by atoms with Crippen molar-refractivity contribution in [3.63, 3.8) is 0 Å². The monoisotopic (exact) mass is 342 g/mol. The molecule has 0 aromatic rings. The van der Waals surface area contributed by atoms with Crippen LogP contribution in [0.5, 0.6) is 0 Å². The van der Waals surface area contributed by atoms with Crippen molar-refractivity contribution in [2.45, 2.75) is 92.9 Å². The summed E-state index contributed by atoms with van der Waals surface area (Å²) < 4.78 is 10.1. The van der Waals surface area contributed by atoms with Gasteiger partial charge in [-0.1, -0.05) is 53.4 Å². The van der Waals surface area contributed by atoms with Crippen LogP contribution in [0.4, 0.5) is 0 Å². The van der Waals surface area contributed by atoms with Crippen molar-refractivity contribution in [1.29, 1.82) is 0 Å². The van der Waals surface area contributed by atoms with Gasteiger partial charge in [0.25, 0.3) is 0 Å². The van der Waals surface area contributed by atoms with E-state index >= 15 is 0 Å². The number of ether oxygens (including phenoxy) is 2. The molecule has 4 nitrogen and oxygen atoms in total. The maximum atomic E-state index is 11.6. The molecule has 0 heterocycles. The van der Waals surface area contributed by atoms with E-state index in [1.165, 1.54) is 12.8 Å². The van der Waals surface area contributed by atoms with E-state index in [4.69, 9.17) is 9.47 Å². The van der Waals surface area contributed by atoms with Crippen LogP contribution in [0.15, 0.2) is 0 Å². The van der Waals surface area contributed by atoms with Crippen LogP contribution in [-0.2, 0) is 19.1 Å². The molecular weight excluding hydrogens is 304 g/mol. The number of hydrogen-bond acceptors (Lipinski definition) is 4. The zero-order chi connectivity index (χ0) is 18.6. The quantitative estimate of drug-likeness (QED) is 0.337. The van der Waals surface area contributed by atoms with Gasteiger partial charge in [0, 0.05) is 0 Å². The summed E-state index contributed by atoms with van der Waals surface area (Å²) in [6, 6.07) is 0. The number of hydrogen-bond donors (Lipinski definition) is 0. The number of unbranched alkanes of at least 4 members (excludes halogenated alkanes) is 3. The average Bonchev–Trinajstić information content (AvgIpc) is 2.41. The van der Waals surface area contributed by atoms with Crippen LogP contribution in [0.2, 0.25) is 0 Å². The summed E-state index contributed by atoms with van der Waals surface area (Å²) in [4.78, 5) is 23.2. The van der Waals surface area contributed by atoms with E-state index in [0.29, 0.717) is 26.1 Å². The topological polar surface area (TPSA) is 52.6 Å². The van der Waals surface area contributed by atoms with Crippen molar-refractivity contribution in [2.24, 2.45) is 10.8 Å². The maximum absolute atomic E-state index is 11.6. The highest BCUT2D eigenvalue weighted by Gasteiger charge is 2.23. The van der Waals surface area contributed by atoms with Gasteiger partial charge in [0.1, 0.15) is 0 Å². The second-order valence-corrected chi connectivity index (χ2v) is 8.21. The van der Waals surface area contributed by atoms with Crippen LogP contribution in [0.25, 0.3) is 0 Å². The Kier molecular flexibility index (Phi) is 11.0. The van der Waals surface area contributed by atoms with Crippen molar-refractivity contribution in [3.8, 4) is 0 Å². The van der Waals surface area contributed by atoms with Gasteiger partial charge in [0.15, 0.2) is 0 Å². The minimum atomic E-state index is -0.0942. The van der Waals surface area contributed by atoms with Crippen LogP contribution < -0.4 is 0 Å². The average molecular weight is 343 g/mol. The van der Waals surface area contributed by atoms with Gasteiger partial charge in [-0.25, -0.2) is 0 Å². The van der Waals surface area contributed by atoms with Crippen LogP contribution in [-0.4, -0.2) is 25.2 Å². The smallest absolute Gasteiger partial charge is 0.306 e. The number of carbonyl (C=O) groups excluding carboxylic acids is 2. The Balaban J connectivity index is 3.85. The molecule has 0 aliphatic rings. The highest BCUT2D eigenvalue weighted by atomic mass is 16.5. The van der Waals surface area contributed by atoms with E-state index in [-0.39, 0.29) is 22.8 Å². The molecular formula is C20H38O4. The van der Waals surface area contributed by atoms with Gasteiger partial charge in [-0.05, 0) is 37.5 Å². The molecule has 4 heteroatoms. The van der Waals surface area contributed by atoms with E-state index in [0.717, 1.165) is 25.7 Å². The highest BCUT2D eigenvalue weighted by molar-refractivity contribution is 5.70. The van der Waals surface area contributed by atoms with Crippen LogP contribution >= 0.6 is 0 Å². The van der Waals surface area contributed by atoms with Crippen molar-refractivity contribution in [3.05, 3.63) is 0 Å². The van der Waals surface area contributed by atoms with Crippen molar-refractivity contribution in [1.82, 2.24) is 0 Å². The Morgan fingerprint density at radius 3 is 1.29 bits per heavy atom. The predicted octanol–water partition coefficient (Wildman–Crippen LogP) is 5.29. The minimum Gasteiger partial charge on any atom is -0.466 e. The van der Waals surface area contributed by atoms with E-state index in [1.807, 2.05) is 13.8 Å². The third kappa shape index (κ3) is 12.4. The molecule has 0 amide bonds. The maximum Gasteiger partial charge on any atom is 0.306 e. The summed E-state index contributed by atoms with van der Waals surface area (Å²) in [6.45, 7) is 13.1. The Morgan fingerprint density at radius 2 is 1.00 bits per heavy atom. The van der Waals surface area contributed by atoms with Crippen molar-refractivity contribution >= 4 is 11.9 Å². The Bertz CT molecular complexity index is 336. The first-order valence-corrected chi connectivity index (χ1v) is 9.43. The lowest BCUT2D eigenvalue weighted by Gasteiger charge is -2.24. The van der Waals surface area contributed by atoms with Gasteiger partial charge in [-0.2, -0.15) is 0 Å². The van der Waals surface area contributed by atoms with Gasteiger partial charge in [-0.15, -0.1) is 0 Å². The Morgan fingerprint density at radius 1 is 0.667 bits per heavy atom. The van der Waals surface area contributed by atoms with Gasteiger partial charge in [0.2, 0.25) is 0 Å². The molecule has 0 aliphatic heterocycles. The zero-order valence-electron chi connectivity index (χ0n) is 16.7. The molecule has 0 aliphatic carbocycles. The van der Waals surface area contributed by atoms with Crippen molar-refractivity contribution < 1.29 is 19.1 Å². The fourth-order valence-electron chi connectivity index (χ4n) is 2.94. The van der Waals surface area contributed by atoms with Crippen LogP contribution in [0.1, 0.15) is 92.9 Å². The predicted molar refractivity (Wildman–Crippen MR) is 97.8 cm³/mol. The van der Waals surface area contributed by atoms with E-state index in [2.05, 4.69) is 27.7 Å². The molecule has 0 saturated heterocycles. The summed E-state index contributed by atoms with van der Waals surface area (Å²) >= 11 is 0. The highest BCUT2D eigenvalue weighted by Crippen LogP contribution is 2.30. The number of rotatable bonds is 13. The molecule has 0 rings (SSSR count). The number of carbonyl (C=O) groups is 2. The van der Waals surface area contributed by atoms with Gasteiger partial charge < -0.3 is 9.47 Å². The zero-order valence-corrected chi connectivity index (χ0v) is 16.7. The second-order valence-electron chi connectivity index (χ2n) is 8.21. The minimum absolute atomic E-state index is 0.00936. The van der Waals surface area contributed by atoms with Gasteiger partial charge in [0.05, 0.1) is 26.1 Å². The second kappa shape index (κ2) is 11.5. The summed E-state index contributed by atoms with van der Waals surface area (Å²) in [6.07, 6.45) is 7.66. The van der Waals surface area contributed by atoms with Gasteiger partial charge >= 0.3 is 11.9 Å². The van der Waals surface area contributed by atoms with Gasteiger partial charge in [-0.3, -0.25) is 9.59 Å². The summed E-state index contributed by atoms with van der Waals surface area (Å²) in [7, 11) is 0. The molecule has 0 N–H and O–H groups in total. The molecule has 0 unspecified atom stereocenters. The van der Waals surface area contributed by atoms with E-state index < -0.39 is 0 Å². The molecule has 24 heavy (non-hydrogen) atoms. The number of esters is 2. The Hall–Kier alpha value is -1.06. The molecule has 0 aromatic heterocycles. The summed E-state index contributed by atoms with van der Waals surface area (Å²) in [5.74, 6) is -0.188. The first-order valence-electron chi connectivity index (χ1n) is 9.43. The molecule has 0 radical (unpaired) electrons. The third-order valence-corrected chi connectivity index (χ3v) is 4.31. The first kappa shape index (κ1) is 22.9. The fraction of sp³-hybridized carbons (Fsp3) is 0.900. The van der Waals surface area contributed by atoms with Crippen LogP contribution in [0, 0.1) is 10.8 Å². The first-order chi connectivity index (χ1) is 11.1. The lowest BCUT2D eigenvalue weighted by Crippen LogP contribution is -2.19. The standard InChI is InChI=1S/C20H38O4/c1-7-23-17(21)15-19(3,4)13-11-9-10-12-14-20(5,6)16-18(22)24-8-2/h7-16H2,1-6H3.